The van der Waals surface area contributed by atoms with Gasteiger partial charge in [0.25, 0.3) is 0 Å². The lowest BCUT2D eigenvalue weighted by molar-refractivity contribution is 0.0599. The lowest BCUT2D eigenvalue weighted by Crippen LogP contribution is -2.45. The summed E-state index contributed by atoms with van der Waals surface area (Å²) in [4.78, 5) is 10.7. The zero-order valence-corrected chi connectivity index (χ0v) is 23.0. The van der Waals surface area contributed by atoms with Crippen LogP contribution in [0.4, 0.5) is 10.1 Å². The van der Waals surface area contributed by atoms with E-state index >= 15 is 0 Å². The average molecular weight is 489 g/mol. The molecule has 2 heterocycles. The largest absolute Gasteiger partial charge is 0.384 e. The molecule has 2 aromatic rings. The van der Waals surface area contributed by atoms with Gasteiger partial charge in [-0.3, -0.25) is 0 Å². The van der Waals surface area contributed by atoms with Crippen LogP contribution in [-0.2, 0) is 6.42 Å². The van der Waals surface area contributed by atoms with E-state index in [0.29, 0.717) is 11.0 Å². The van der Waals surface area contributed by atoms with Crippen LogP contribution < -0.4 is 5.32 Å². The van der Waals surface area contributed by atoms with E-state index in [1.165, 1.54) is 37.2 Å². The predicted molar refractivity (Wildman–Crippen MR) is 145 cm³/mol. The Morgan fingerprint density at radius 2 is 2.03 bits per heavy atom. The summed E-state index contributed by atoms with van der Waals surface area (Å²) < 4.78 is 14.6. The third-order valence-electron chi connectivity index (χ3n) is 7.32. The van der Waals surface area contributed by atoms with Gasteiger partial charge >= 0.3 is 0 Å². The first-order chi connectivity index (χ1) is 16.2. The van der Waals surface area contributed by atoms with Crippen molar-refractivity contribution in [1.82, 2.24) is 14.8 Å². The normalized spacial score (nSPS) is 19.6. The minimum atomic E-state index is -0.205. The van der Waals surface area contributed by atoms with Crippen molar-refractivity contribution in [3.05, 3.63) is 35.1 Å². The van der Waals surface area contributed by atoms with E-state index in [0.717, 1.165) is 55.1 Å². The van der Waals surface area contributed by atoms with E-state index in [1.807, 2.05) is 18.3 Å². The molecule has 190 valence electrons. The molecule has 34 heavy (non-hydrogen) atoms. The number of thiazole rings is 1. The number of rotatable bonds is 11. The Bertz CT molecular complexity index is 891. The number of likely N-dealkylation sites (tertiary alicyclic amines) is 1. The lowest BCUT2D eigenvalue weighted by Gasteiger charge is -2.43. The number of benzene rings is 1. The van der Waals surface area contributed by atoms with Crippen LogP contribution >= 0.6 is 11.3 Å². The summed E-state index contributed by atoms with van der Waals surface area (Å²) in [6, 6.07) is 5.27. The number of piperidine rings is 1. The van der Waals surface area contributed by atoms with Gasteiger partial charge in [0, 0.05) is 55.0 Å². The second kappa shape index (κ2) is 12.5. The van der Waals surface area contributed by atoms with E-state index in [-0.39, 0.29) is 5.82 Å². The number of nitrogens with zero attached hydrogens (tertiary/aromatic N) is 3. The number of likely N-dealkylation sites (N-methyl/N-ethyl adjacent to an activating group) is 1. The minimum absolute atomic E-state index is 0.205. The number of nitrogens with one attached hydrogen (secondary N) is 1. The molecule has 4 nitrogen and oxygen atoms in total. The zero-order valence-electron chi connectivity index (χ0n) is 22.2. The lowest BCUT2D eigenvalue weighted by atomic mass is 9.72. The van der Waals surface area contributed by atoms with Gasteiger partial charge in [0.15, 0.2) is 0 Å². The molecule has 1 saturated heterocycles. The standard InChI is InChI=1S/C28H45FN4S/c1-7-9-21-16-22(28(3,4)5)20-33(19-21)14-12-24-18-31-27(34-24)25-17-23(10-11-26(25)29)30-13-15-32(6)8-2/h10-11,17-18,21-22,30H,7-9,12-16,19-20H2,1-6H3. The molecule has 0 bridgehead atoms. The van der Waals surface area contributed by atoms with Gasteiger partial charge < -0.3 is 15.1 Å². The van der Waals surface area contributed by atoms with E-state index in [1.54, 1.807) is 17.4 Å². The molecule has 1 aromatic carbocycles. The Balaban J connectivity index is 1.61. The van der Waals surface area contributed by atoms with Gasteiger partial charge in [-0.1, -0.05) is 41.0 Å². The molecule has 2 atom stereocenters. The maximum Gasteiger partial charge on any atom is 0.133 e. The van der Waals surface area contributed by atoms with Crippen LogP contribution in [0.2, 0.25) is 0 Å². The fourth-order valence-corrected chi connectivity index (χ4v) is 5.81. The van der Waals surface area contributed by atoms with E-state index < -0.39 is 0 Å². The van der Waals surface area contributed by atoms with Gasteiger partial charge in [0.1, 0.15) is 10.8 Å². The molecule has 2 unspecified atom stereocenters. The number of aromatic nitrogens is 1. The maximum atomic E-state index is 14.6. The van der Waals surface area contributed by atoms with Crippen LogP contribution in [0.5, 0.6) is 0 Å². The van der Waals surface area contributed by atoms with E-state index in [4.69, 9.17) is 0 Å². The Hall–Kier alpha value is -1.50. The van der Waals surface area contributed by atoms with Crippen LogP contribution in [-0.4, -0.2) is 61.1 Å². The first-order valence-corrected chi connectivity index (χ1v) is 13.9. The first-order valence-electron chi connectivity index (χ1n) is 13.1. The summed E-state index contributed by atoms with van der Waals surface area (Å²) in [5.41, 5.74) is 1.89. The van der Waals surface area contributed by atoms with Crippen molar-refractivity contribution in [1.29, 1.82) is 0 Å². The summed E-state index contributed by atoms with van der Waals surface area (Å²) in [5.74, 6) is 1.35. The van der Waals surface area contributed by atoms with Crippen LogP contribution in [0.25, 0.3) is 10.6 Å². The molecular weight excluding hydrogens is 443 g/mol. The highest BCUT2D eigenvalue weighted by molar-refractivity contribution is 7.15. The van der Waals surface area contributed by atoms with Crippen molar-refractivity contribution in [2.75, 3.05) is 51.6 Å². The van der Waals surface area contributed by atoms with Crippen LogP contribution in [0.1, 0.15) is 58.8 Å². The highest BCUT2D eigenvalue weighted by atomic mass is 32.1. The van der Waals surface area contributed by atoms with Crippen molar-refractivity contribution < 1.29 is 4.39 Å². The summed E-state index contributed by atoms with van der Waals surface area (Å²) in [6.07, 6.45) is 6.88. The molecule has 6 heteroatoms. The smallest absolute Gasteiger partial charge is 0.133 e. The fraction of sp³-hybridized carbons (Fsp3) is 0.679. The van der Waals surface area contributed by atoms with Crippen molar-refractivity contribution in [2.45, 2.75) is 60.3 Å². The number of halogens is 1. The third-order valence-corrected chi connectivity index (χ3v) is 8.41. The molecule has 1 N–H and O–H groups in total. The third kappa shape index (κ3) is 7.76. The number of hydrogen-bond acceptors (Lipinski definition) is 5. The molecular formula is C28H45FN4S. The van der Waals surface area contributed by atoms with Crippen molar-refractivity contribution in [2.24, 2.45) is 17.3 Å². The van der Waals surface area contributed by atoms with Crippen LogP contribution in [0, 0.1) is 23.1 Å². The summed E-state index contributed by atoms with van der Waals surface area (Å²) in [7, 11) is 2.10. The Labute approximate surface area is 211 Å². The van der Waals surface area contributed by atoms with Gasteiger partial charge in [-0.05, 0) is 68.3 Å². The second-order valence-electron chi connectivity index (χ2n) is 11.1. The van der Waals surface area contributed by atoms with Gasteiger partial charge in [-0.15, -0.1) is 11.3 Å². The quantitative estimate of drug-likeness (QED) is 0.384. The van der Waals surface area contributed by atoms with Crippen molar-refractivity contribution >= 4 is 17.0 Å². The molecule has 0 spiro atoms. The summed E-state index contributed by atoms with van der Waals surface area (Å²) >= 11 is 1.63. The van der Waals surface area contributed by atoms with Gasteiger partial charge in [0.05, 0.1) is 0 Å². The van der Waals surface area contributed by atoms with Gasteiger partial charge in [-0.2, -0.15) is 0 Å². The zero-order chi connectivity index (χ0) is 24.7. The summed E-state index contributed by atoms with van der Waals surface area (Å²) in [6.45, 7) is 17.9. The molecule has 0 radical (unpaired) electrons. The second-order valence-corrected chi connectivity index (χ2v) is 12.2. The van der Waals surface area contributed by atoms with Crippen molar-refractivity contribution in [3.63, 3.8) is 0 Å². The minimum Gasteiger partial charge on any atom is -0.384 e. The Morgan fingerprint density at radius 3 is 2.74 bits per heavy atom. The molecule has 0 saturated carbocycles. The van der Waals surface area contributed by atoms with Crippen molar-refractivity contribution in [3.8, 4) is 10.6 Å². The van der Waals surface area contributed by atoms with Crippen LogP contribution in [0.15, 0.2) is 24.4 Å². The summed E-state index contributed by atoms with van der Waals surface area (Å²) in [5, 5.41) is 4.19. The Morgan fingerprint density at radius 1 is 1.24 bits per heavy atom. The molecule has 1 aliphatic heterocycles. The highest BCUT2D eigenvalue weighted by Crippen LogP contribution is 2.37. The average Bonchev–Trinajstić information content (AvgIpc) is 3.27. The van der Waals surface area contributed by atoms with E-state index in [9.17, 15) is 4.39 Å². The van der Waals surface area contributed by atoms with Gasteiger partial charge in [0.2, 0.25) is 0 Å². The number of anilines is 1. The molecule has 0 aliphatic carbocycles. The van der Waals surface area contributed by atoms with Crippen LogP contribution in [0.3, 0.4) is 0 Å². The molecule has 1 aliphatic rings. The molecule has 3 rings (SSSR count). The maximum absolute atomic E-state index is 14.6. The molecule has 1 aromatic heterocycles. The van der Waals surface area contributed by atoms with Gasteiger partial charge in [-0.25, -0.2) is 9.37 Å². The fourth-order valence-electron chi connectivity index (χ4n) is 4.89. The first kappa shape index (κ1) is 27.1. The topological polar surface area (TPSA) is 31.4 Å². The predicted octanol–water partition coefficient (Wildman–Crippen LogP) is 6.64. The monoisotopic (exact) mass is 488 g/mol. The number of hydrogen-bond donors (Lipinski definition) is 1. The molecule has 1 fully saturated rings. The SMILES string of the molecule is CCCC1CC(C(C)(C)C)CN(CCc2cnc(-c3cc(NCCN(C)CC)ccc3F)s2)C1. The van der Waals surface area contributed by atoms with E-state index in [2.05, 4.69) is 61.8 Å². The highest BCUT2D eigenvalue weighted by Gasteiger charge is 2.33. The molecule has 0 amide bonds. The Kier molecular flexibility index (Phi) is 9.93.